The average molecular weight is 469 g/mol. The smallest absolute Gasteiger partial charge is 0.226 e. The minimum atomic E-state index is -0.210. The van der Waals surface area contributed by atoms with E-state index in [4.69, 9.17) is 4.98 Å². The van der Waals surface area contributed by atoms with Crippen molar-refractivity contribution in [2.24, 2.45) is 0 Å². The van der Waals surface area contributed by atoms with Crippen molar-refractivity contribution in [2.45, 2.75) is 40.5 Å². The molecule has 0 aliphatic heterocycles. The van der Waals surface area contributed by atoms with Gasteiger partial charge in [-0.05, 0) is 56.0 Å². The average Bonchev–Trinajstić information content (AvgIpc) is 3.25. The first-order valence-corrected chi connectivity index (χ1v) is 12.2. The van der Waals surface area contributed by atoms with Crippen molar-refractivity contribution >= 4 is 28.2 Å². The highest BCUT2D eigenvalue weighted by Crippen LogP contribution is 2.39. The molecular formula is C29H28N2O2S. The van der Waals surface area contributed by atoms with Crippen molar-refractivity contribution in [2.75, 3.05) is 5.32 Å². The number of nitrogens with one attached hydrogen (secondary N) is 1. The van der Waals surface area contributed by atoms with Gasteiger partial charge in [0.05, 0.1) is 10.6 Å². The highest BCUT2D eigenvalue weighted by Gasteiger charge is 2.18. The van der Waals surface area contributed by atoms with Crippen molar-refractivity contribution in [1.82, 2.24) is 4.98 Å². The summed E-state index contributed by atoms with van der Waals surface area (Å²) in [6.07, 6.45) is 0.280. The highest BCUT2D eigenvalue weighted by atomic mass is 32.1. The summed E-state index contributed by atoms with van der Waals surface area (Å²) >= 11 is 1.46. The number of thiazole rings is 1. The van der Waals surface area contributed by atoms with E-state index in [9.17, 15) is 9.59 Å². The molecule has 1 N–H and O–H groups in total. The van der Waals surface area contributed by atoms with Gasteiger partial charge in [-0.3, -0.25) is 9.59 Å². The third-order valence-electron chi connectivity index (χ3n) is 5.96. The molecule has 1 heterocycles. The van der Waals surface area contributed by atoms with E-state index in [0.29, 0.717) is 10.7 Å². The number of anilines is 1. The first-order valence-electron chi connectivity index (χ1n) is 11.4. The van der Waals surface area contributed by atoms with Gasteiger partial charge in [-0.2, -0.15) is 0 Å². The minimum absolute atomic E-state index is 0.0173. The lowest BCUT2D eigenvalue weighted by molar-refractivity contribution is -0.116. The quantitative estimate of drug-likeness (QED) is 0.289. The van der Waals surface area contributed by atoms with E-state index in [1.54, 1.807) is 0 Å². The number of nitrogens with zero attached hydrogens (tertiary/aromatic N) is 1. The Bertz CT molecular complexity index is 1360. The zero-order chi connectivity index (χ0) is 24.2. The molecule has 0 saturated heterocycles. The van der Waals surface area contributed by atoms with Crippen molar-refractivity contribution in [3.8, 4) is 21.7 Å². The fourth-order valence-electron chi connectivity index (χ4n) is 3.82. The molecule has 0 aliphatic carbocycles. The number of hydrogen-bond acceptors (Lipinski definition) is 4. The van der Waals surface area contributed by atoms with Crippen LogP contribution in [0.5, 0.6) is 0 Å². The number of carbonyl (C=O) groups is 2. The largest absolute Gasteiger partial charge is 0.302 e. The summed E-state index contributed by atoms with van der Waals surface area (Å²) in [7, 11) is 0. The van der Waals surface area contributed by atoms with Gasteiger partial charge in [0.15, 0.2) is 10.9 Å². The van der Waals surface area contributed by atoms with E-state index in [0.717, 1.165) is 32.8 Å². The van der Waals surface area contributed by atoms with Gasteiger partial charge in [0, 0.05) is 24.0 Å². The molecular weight excluding hydrogens is 440 g/mol. The van der Waals surface area contributed by atoms with E-state index >= 15 is 0 Å². The standard InChI is InChI=1S/C29H28N2O2S/c1-18-10-11-20(3)24(16-18)25(32)14-15-26(33)30-29-31-27(22-8-6-5-7-9-22)28(34-29)23-13-12-19(2)21(4)17-23/h5-13,16-17H,14-15H2,1-4H3,(H,30,31,33). The zero-order valence-corrected chi connectivity index (χ0v) is 20.8. The van der Waals surface area contributed by atoms with Gasteiger partial charge in [0.1, 0.15) is 0 Å². The monoisotopic (exact) mass is 468 g/mol. The maximum absolute atomic E-state index is 12.7. The van der Waals surface area contributed by atoms with Crippen LogP contribution in [0.4, 0.5) is 5.13 Å². The van der Waals surface area contributed by atoms with Gasteiger partial charge in [-0.1, -0.05) is 77.6 Å². The molecule has 0 unspecified atom stereocenters. The van der Waals surface area contributed by atoms with Crippen LogP contribution in [-0.4, -0.2) is 16.7 Å². The van der Waals surface area contributed by atoms with E-state index in [-0.39, 0.29) is 24.5 Å². The number of Topliss-reactive ketones (excluding diaryl/α,β-unsaturated/α-hetero) is 1. The van der Waals surface area contributed by atoms with E-state index in [1.807, 2.05) is 62.4 Å². The molecule has 0 spiro atoms. The van der Waals surface area contributed by atoms with Crippen LogP contribution >= 0.6 is 11.3 Å². The van der Waals surface area contributed by atoms with Crippen molar-refractivity contribution < 1.29 is 9.59 Å². The van der Waals surface area contributed by atoms with Crippen LogP contribution in [0.2, 0.25) is 0 Å². The maximum atomic E-state index is 12.7. The normalized spacial score (nSPS) is 10.8. The second-order valence-electron chi connectivity index (χ2n) is 8.65. The summed E-state index contributed by atoms with van der Waals surface area (Å²) < 4.78 is 0. The first kappa shape index (κ1) is 23.6. The summed E-state index contributed by atoms with van der Waals surface area (Å²) in [4.78, 5) is 31.1. The Kier molecular flexibility index (Phi) is 7.03. The summed E-state index contributed by atoms with van der Waals surface area (Å²) in [6.45, 7) is 8.07. The predicted molar refractivity (Wildman–Crippen MR) is 141 cm³/mol. The molecule has 34 heavy (non-hydrogen) atoms. The number of rotatable bonds is 7. The summed E-state index contributed by atoms with van der Waals surface area (Å²) in [5.41, 5.74) is 8.01. The molecule has 4 nitrogen and oxygen atoms in total. The molecule has 172 valence electrons. The lowest BCUT2D eigenvalue weighted by Crippen LogP contribution is -2.13. The lowest BCUT2D eigenvalue weighted by atomic mass is 9.99. The fraction of sp³-hybridized carbons (Fsp3) is 0.207. The van der Waals surface area contributed by atoms with Gasteiger partial charge in [0.25, 0.3) is 0 Å². The van der Waals surface area contributed by atoms with Gasteiger partial charge < -0.3 is 5.32 Å². The van der Waals surface area contributed by atoms with Crippen LogP contribution < -0.4 is 5.32 Å². The third kappa shape index (κ3) is 5.32. The summed E-state index contributed by atoms with van der Waals surface area (Å²) in [5.74, 6) is -0.227. The van der Waals surface area contributed by atoms with Crippen molar-refractivity contribution in [1.29, 1.82) is 0 Å². The second kappa shape index (κ2) is 10.1. The number of ketones is 1. The number of aromatic nitrogens is 1. The molecule has 0 fully saturated rings. The Labute approximate surface area is 204 Å². The molecule has 0 atom stereocenters. The number of aryl methyl sites for hydroxylation is 4. The van der Waals surface area contributed by atoms with E-state index < -0.39 is 0 Å². The molecule has 0 saturated carbocycles. The molecule has 1 amide bonds. The van der Waals surface area contributed by atoms with Gasteiger partial charge in [-0.15, -0.1) is 0 Å². The Morgan fingerprint density at radius 1 is 0.794 bits per heavy atom. The Morgan fingerprint density at radius 3 is 2.26 bits per heavy atom. The Hall–Kier alpha value is -3.57. The SMILES string of the molecule is Cc1ccc(C)c(C(=O)CCC(=O)Nc2nc(-c3ccccc3)c(-c3ccc(C)c(C)c3)s2)c1. The van der Waals surface area contributed by atoms with Gasteiger partial charge in [-0.25, -0.2) is 4.98 Å². The molecule has 1 aromatic heterocycles. The molecule has 0 aliphatic rings. The second-order valence-corrected chi connectivity index (χ2v) is 9.65. The van der Waals surface area contributed by atoms with Gasteiger partial charge >= 0.3 is 0 Å². The van der Waals surface area contributed by atoms with Gasteiger partial charge in [0.2, 0.25) is 5.91 Å². The van der Waals surface area contributed by atoms with Crippen LogP contribution in [0.3, 0.4) is 0 Å². The topological polar surface area (TPSA) is 59.1 Å². The molecule has 0 bridgehead atoms. The van der Waals surface area contributed by atoms with Crippen LogP contribution in [0.25, 0.3) is 21.7 Å². The van der Waals surface area contributed by atoms with Crippen LogP contribution in [0.15, 0.2) is 66.7 Å². The fourth-order valence-corrected chi connectivity index (χ4v) is 4.82. The predicted octanol–water partition coefficient (Wildman–Crippen LogP) is 7.31. The number of benzene rings is 3. The molecule has 4 aromatic rings. The van der Waals surface area contributed by atoms with Crippen LogP contribution in [0.1, 0.15) is 45.5 Å². The number of hydrogen-bond donors (Lipinski definition) is 1. The molecule has 0 radical (unpaired) electrons. The molecule has 5 heteroatoms. The van der Waals surface area contributed by atoms with Crippen LogP contribution in [-0.2, 0) is 4.79 Å². The van der Waals surface area contributed by atoms with Crippen molar-refractivity contribution in [3.63, 3.8) is 0 Å². The van der Waals surface area contributed by atoms with Crippen molar-refractivity contribution in [3.05, 3.63) is 94.5 Å². The number of amides is 1. The zero-order valence-electron chi connectivity index (χ0n) is 19.9. The highest BCUT2D eigenvalue weighted by molar-refractivity contribution is 7.19. The van der Waals surface area contributed by atoms with Crippen LogP contribution in [0, 0.1) is 27.7 Å². The molecule has 3 aromatic carbocycles. The maximum Gasteiger partial charge on any atom is 0.226 e. The third-order valence-corrected chi connectivity index (χ3v) is 6.98. The first-order chi connectivity index (χ1) is 16.3. The Balaban J connectivity index is 1.54. The number of carbonyl (C=O) groups excluding carboxylic acids is 2. The lowest BCUT2D eigenvalue weighted by Gasteiger charge is -2.06. The van der Waals surface area contributed by atoms with E-state index in [1.165, 1.54) is 22.5 Å². The summed E-state index contributed by atoms with van der Waals surface area (Å²) in [5, 5.41) is 3.46. The Morgan fingerprint density at radius 2 is 1.53 bits per heavy atom. The minimum Gasteiger partial charge on any atom is -0.302 e. The molecule has 4 rings (SSSR count). The van der Waals surface area contributed by atoms with E-state index in [2.05, 4.69) is 37.4 Å². The summed E-state index contributed by atoms with van der Waals surface area (Å²) in [6, 6.07) is 22.2.